The van der Waals surface area contributed by atoms with Crippen LogP contribution in [-0.4, -0.2) is 31.8 Å². The molecule has 0 aliphatic heterocycles. The van der Waals surface area contributed by atoms with E-state index in [2.05, 4.69) is 4.72 Å². The maximum atomic E-state index is 12.9. The van der Waals surface area contributed by atoms with E-state index in [0.717, 1.165) is 24.0 Å². The Morgan fingerprint density at radius 2 is 1.66 bits per heavy atom. The summed E-state index contributed by atoms with van der Waals surface area (Å²) < 4.78 is 27.9. The smallest absolute Gasteiger partial charge is 0.261 e. The third-order valence-corrected chi connectivity index (χ3v) is 7.17. The molecule has 0 atom stereocenters. The van der Waals surface area contributed by atoms with Gasteiger partial charge in [-0.2, -0.15) is 0 Å². The number of nitrogens with one attached hydrogen (secondary N) is 1. The van der Waals surface area contributed by atoms with E-state index in [1.165, 1.54) is 19.3 Å². The van der Waals surface area contributed by atoms with Crippen LogP contribution in [-0.2, 0) is 10.0 Å². The van der Waals surface area contributed by atoms with Gasteiger partial charge in [-0.15, -0.1) is 0 Å². The van der Waals surface area contributed by atoms with Gasteiger partial charge in [-0.05, 0) is 81.1 Å². The molecule has 2 aromatic rings. The molecule has 0 bridgehead atoms. The molecule has 1 amide bonds. The largest absolute Gasteiger partial charge is 0.336 e. The monoisotopic (exact) mass is 414 g/mol. The van der Waals surface area contributed by atoms with Gasteiger partial charge in [0.1, 0.15) is 0 Å². The van der Waals surface area contributed by atoms with Crippen molar-refractivity contribution < 1.29 is 13.2 Å². The van der Waals surface area contributed by atoms with Crippen LogP contribution in [0.5, 0.6) is 0 Å². The first kappa shape index (κ1) is 21.4. The molecule has 156 valence electrons. The first-order valence-corrected chi connectivity index (χ1v) is 11.8. The molecule has 0 saturated heterocycles. The number of aryl methyl sites for hydroxylation is 2. The molecule has 1 N–H and O–H groups in total. The first-order valence-electron chi connectivity index (χ1n) is 10.3. The second kappa shape index (κ2) is 8.99. The average molecular weight is 415 g/mol. The average Bonchev–Trinajstić information content (AvgIpc) is 2.71. The predicted octanol–water partition coefficient (Wildman–Crippen LogP) is 4.90. The third-order valence-electron chi connectivity index (χ3n) is 5.79. The van der Waals surface area contributed by atoms with Gasteiger partial charge in [-0.1, -0.05) is 25.3 Å². The first-order chi connectivity index (χ1) is 13.8. The quantitative estimate of drug-likeness (QED) is 0.731. The Morgan fingerprint density at radius 3 is 2.24 bits per heavy atom. The Labute approximate surface area is 174 Å². The SMILES string of the molecule is CCN(C(=O)c1ccc(NS(=O)(=O)c2ccc(C)c(C)c2)cc1)C1CCCCC1. The van der Waals surface area contributed by atoms with E-state index in [1.807, 2.05) is 25.7 Å². The summed E-state index contributed by atoms with van der Waals surface area (Å²) in [6.07, 6.45) is 5.72. The molecule has 1 aliphatic carbocycles. The molecule has 0 radical (unpaired) electrons. The van der Waals surface area contributed by atoms with E-state index < -0.39 is 10.0 Å². The lowest BCUT2D eigenvalue weighted by molar-refractivity contribution is 0.0648. The van der Waals surface area contributed by atoms with Gasteiger partial charge in [0.25, 0.3) is 15.9 Å². The molecule has 5 nitrogen and oxygen atoms in total. The van der Waals surface area contributed by atoms with E-state index in [1.54, 1.807) is 42.5 Å². The van der Waals surface area contributed by atoms with E-state index >= 15 is 0 Å². The van der Waals surface area contributed by atoms with Crippen LogP contribution in [0.1, 0.15) is 60.5 Å². The highest BCUT2D eigenvalue weighted by atomic mass is 32.2. The predicted molar refractivity (Wildman–Crippen MR) is 117 cm³/mol. The number of benzene rings is 2. The van der Waals surface area contributed by atoms with E-state index in [-0.39, 0.29) is 10.8 Å². The van der Waals surface area contributed by atoms with Crippen LogP contribution >= 0.6 is 0 Å². The normalized spacial score (nSPS) is 15.1. The lowest BCUT2D eigenvalue weighted by Gasteiger charge is -2.33. The molecule has 2 aromatic carbocycles. The second-order valence-corrected chi connectivity index (χ2v) is 9.49. The summed E-state index contributed by atoms with van der Waals surface area (Å²) >= 11 is 0. The Hall–Kier alpha value is -2.34. The maximum absolute atomic E-state index is 12.9. The zero-order valence-electron chi connectivity index (χ0n) is 17.4. The molecule has 29 heavy (non-hydrogen) atoms. The fourth-order valence-electron chi connectivity index (χ4n) is 3.90. The number of anilines is 1. The van der Waals surface area contributed by atoms with E-state index in [4.69, 9.17) is 0 Å². The van der Waals surface area contributed by atoms with Gasteiger partial charge in [0.05, 0.1) is 4.90 Å². The second-order valence-electron chi connectivity index (χ2n) is 7.81. The Balaban J connectivity index is 1.73. The number of nitrogens with zero attached hydrogens (tertiary/aromatic N) is 1. The van der Waals surface area contributed by atoms with Gasteiger partial charge < -0.3 is 4.90 Å². The fraction of sp³-hybridized carbons (Fsp3) is 0.435. The van der Waals surface area contributed by atoms with E-state index in [9.17, 15) is 13.2 Å². The minimum absolute atomic E-state index is 0.0166. The van der Waals surface area contributed by atoms with Crippen molar-refractivity contribution in [2.24, 2.45) is 0 Å². The maximum Gasteiger partial charge on any atom is 0.261 e. The van der Waals surface area contributed by atoms with Crippen molar-refractivity contribution in [3.8, 4) is 0 Å². The van der Waals surface area contributed by atoms with Gasteiger partial charge in [0.15, 0.2) is 0 Å². The van der Waals surface area contributed by atoms with Crippen LogP contribution in [0.15, 0.2) is 47.4 Å². The van der Waals surface area contributed by atoms with Crippen molar-refractivity contribution in [3.63, 3.8) is 0 Å². The lowest BCUT2D eigenvalue weighted by atomic mass is 9.93. The molecular formula is C23H30N2O3S. The topological polar surface area (TPSA) is 66.5 Å². The molecule has 3 rings (SSSR count). The molecule has 6 heteroatoms. The zero-order valence-corrected chi connectivity index (χ0v) is 18.3. The number of sulfonamides is 1. The number of hydrogen-bond acceptors (Lipinski definition) is 3. The van der Waals surface area contributed by atoms with Crippen molar-refractivity contribution in [2.45, 2.75) is 63.8 Å². The van der Waals surface area contributed by atoms with Crippen molar-refractivity contribution >= 4 is 21.6 Å². The van der Waals surface area contributed by atoms with Gasteiger partial charge in [-0.25, -0.2) is 8.42 Å². The highest BCUT2D eigenvalue weighted by Gasteiger charge is 2.25. The van der Waals surface area contributed by atoms with Crippen LogP contribution in [0, 0.1) is 13.8 Å². The number of amides is 1. The van der Waals surface area contributed by atoms with Gasteiger partial charge in [0, 0.05) is 23.8 Å². The molecular weight excluding hydrogens is 384 g/mol. The highest BCUT2D eigenvalue weighted by Crippen LogP contribution is 2.25. The van der Waals surface area contributed by atoms with Gasteiger partial charge in [0.2, 0.25) is 0 Å². The summed E-state index contributed by atoms with van der Waals surface area (Å²) in [5.41, 5.74) is 3.01. The summed E-state index contributed by atoms with van der Waals surface area (Å²) in [5, 5.41) is 0. The molecule has 0 unspecified atom stereocenters. The molecule has 0 aromatic heterocycles. The summed E-state index contributed by atoms with van der Waals surface area (Å²) in [7, 11) is -3.67. The number of hydrogen-bond donors (Lipinski definition) is 1. The van der Waals surface area contributed by atoms with Crippen molar-refractivity contribution in [2.75, 3.05) is 11.3 Å². The Morgan fingerprint density at radius 1 is 1.00 bits per heavy atom. The van der Waals surface area contributed by atoms with Gasteiger partial charge >= 0.3 is 0 Å². The molecule has 0 spiro atoms. The summed E-state index contributed by atoms with van der Waals surface area (Å²) in [5.74, 6) is 0.0166. The summed E-state index contributed by atoms with van der Waals surface area (Å²) in [6.45, 7) is 6.53. The molecule has 1 aliphatic rings. The third kappa shape index (κ3) is 4.99. The van der Waals surface area contributed by atoms with E-state index in [0.29, 0.717) is 23.8 Å². The molecule has 0 heterocycles. The standard InChI is InChI=1S/C23H30N2O3S/c1-4-25(21-8-6-5-7-9-21)23(26)19-11-13-20(14-12-19)24-29(27,28)22-15-10-17(2)18(3)16-22/h10-16,21,24H,4-9H2,1-3H3. The summed E-state index contributed by atoms with van der Waals surface area (Å²) in [6, 6.07) is 12.1. The van der Waals surface area contributed by atoms with Crippen LogP contribution in [0.25, 0.3) is 0 Å². The number of rotatable bonds is 6. The highest BCUT2D eigenvalue weighted by molar-refractivity contribution is 7.92. The van der Waals surface area contributed by atoms with Crippen LogP contribution in [0.2, 0.25) is 0 Å². The van der Waals surface area contributed by atoms with Crippen molar-refractivity contribution in [3.05, 3.63) is 59.2 Å². The number of carbonyl (C=O) groups excluding carboxylic acids is 1. The van der Waals surface area contributed by atoms with Crippen molar-refractivity contribution in [1.82, 2.24) is 4.90 Å². The minimum atomic E-state index is -3.67. The van der Waals surface area contributed by atoms with Crippen molar-refractivity contribution in [1.29, 1.82) is 0 Å². The van der Waals surface area contributed by atoms with Crippen LogP contribution in [0.3, 0.4) is 0 Å². The van der Waals surface area contributed by atoms with Crippen LogP contribution < -0.4 is 4.72 Å². The fourth-order valence-corrected chi connectivity index (χ4v) is 5.05. The number of carbonyl (C=O) groups is 1. The lowest BCUT2D eigenvalue weighted by Crippen LogP contribution is -2.41. The van der Waals surface area contributed by atoms with Gasteiger partial charge in [-0.3, -0.25) is 9.52 Å². The minimum Gasteiger partial charge on any atom is -0.336 e. The Kier molecular flexibility index (Phi) is 6.63. The molecule has 1 fully saturated rings. The Bertz CT molecular complexity index is 962. The zero-order chi connectivity index (χ0) is 21.0. The van der Waals surface area contributed by atoms with Crippen LogP contribution in [0.4, 0.5) is 5.69 Å². The summed E-state index contributed by atoms with van der Waals surface area (Å²) in [4.78, 5) is 15.1. The molecule has 1 saturated carbocycles.